The van der Waals surface area contributed by atoms with Gasteiger partial charge in [0.2, 0.25) is 5.16 Å². The highest BCUT2D eigenvalue weighted by atomic mass is 32.2. The summed E-state index contributed by atoms with van der Waals surface area (Å²) in [6.07, 6.45) is -4.33. The quantitative estimate of drug-likeness (QED) is 0.571. The molecular formula is C16H13F3N4S. The Bertz CT molecular complexity index is 814. The Morgan fingerprint density at radius 1 is 0.958 bits per heavy atom. The number of nitrogen functional groups attached to an aromatic ring is 1. The molecule has 0 aliphatic rings. The molecule has 0 saturated carbocycles. The molecule has 0 saturated heterocycles. The van der Waals surface area contributed by atoms with Crippen molar-refractivity contribution in [1.29, 1.82) is 0 Å². The largest absolute Gasteiger partial charge is 0.416 e. The minimum absolute atomic E-state index is 0.447. The van der Waals surface area contributed by atoms with E-state index in [2.05, 4.69) is 10.2 Å². The molecule has 0 bridgehead atoms. The minimum Gasteiger partial charge on any atom is -0.335 e. The number of hydrogen-bond donors (Lipinski definition) is 1. The van der Waals surface area contributed by atoms with Crippen LogP contribution in [0.4, 0.5) is 13.2 Å². The van der Waals surface area contributed by atoms with E-state index in [9.17, 15) is 13.2 Å². The van der Waals surface area contributed by atoms with Crippen LogP contribution >= 0.6 is 11.8 Å². The van der Waals surface area contributed by atoms with Gasteiger partial charge in [-0.15, -0.1) is 10.2 Å². The Morgan fingerprint density at radius 2 is 1.62 bits per heavy atom. The van der Waals surface area contributed by atoms with Gasteiger partial charge in [-0.25, -0.2) is 4.68 Å². The van der Waals surface area contributed by atoms with Crippen molar-refractivity contribution in [2.75, 3.05) is 5.84 Å². The molecule has 2 N–H and O–H groups in total. The lowest BCUT2D eigenvalue weighted by atomic mass is 10.1. The molecule has 1 heterocycles. The molecule has 0 radical (unpaired) electrons. The van der Waals surface area contributed by atoms with Gasteiger partial charge in [-0.3, -0.25) is 0 Å². The molecule has 0 fully saturated rings. The summed E-state index contributed by atoms with van der Waals surface area (Å²) in [6.45, 7) is 0. The SMILES string of the molecule is Nn1c(SCc2ccc(C(F)(F)F)cc2)nnc1-c1ccccc1. The summed E-state index contributed by atoms with van der Waals surface area (Å²) in [5.74, 6) is 6.98. The van der Waals surface area contributed by atoms with Crippen molar-refractivity contribution in [2.45, 2.75) is 17.1 Å². The normalized spacial score (nSPS) is 11.6. The number of rotatable bonds is 4. The Balaban J connectivity index is 1.71. The lowest BCUT2D eigenvalue weighted by Crippen LogP contribution is -2.11. The lowest BCUT2D eigenvalue weighted by molar-refractivity contribution is -0.137. The first-order valence-corrected chi connectivity index (χ1v) is 7.98. The van der Waals surface area contributed by atoms with Crippen molar-refractivity contribution in [3.63, 3.8) is 0 Å². The van der Waals surface area contributed by atoms with Crippen LogP contribution in [0, 0.1) is 0 Å². The lowest BCUT2D eigenvalue weighted by Gasteiger charge is -2.07. The first kappa shape index (κ1) is 16.4. The fraction of sp³-hybridized carbons (Fsp3) is 0.125. The molecule has 4 nitrogen and oxygen atoms in total. The second kappa shape index (κ2) is 6.56. The average Bonchev–Trinajstić information content (AvgIpc) is 2.94. The Morgan fingerprint density at radius 3 is 2.25 bits per heavy atom. The van der Waals surface area contributed by atoms with E-state index in [0.29, 0.717) is 16.7 Å². The van der Waals surface area contributed by atoms with Gasteiger partial charge in [-0.05, 0) is 17.7 Å². The van der Waals surface area contributed by atoms with Crippen molar-refractivity contribution < 1.29 is 13.2 Å². The van der Waals surface area contributed by atoms with E-state index < -0.39 is 11.7 Å². The molecule has 0 unspecified atom stereocenters. The molecule has 3 aromatic rings. The molecule has 24 heavy (non-hydrogen) atoms. The van der Waals surface area contributed by atoms with Crippen molar-refractivity contribution >= 4 is 11.8 Å². The molecule has 3 rings (SSSR count). The second-order valence-electron chi connectivity index (χ2n) is 5.03. The molecule has 8 heteroatoms. The van der Waals surface area contributed by atoms with Crippen molar-refractivity contribution in [1.82, 2.24) is 14.9 Å². The van der Waals surface area contributed by atoms with Gasteiger partial charge in [-0.1, -0.05) is 54.2 Å². The van der Waals surface area contributed by atoms with Crippen LogP contribution in [0.15, 0.2) is 59.8 Å². The fourth-order valence-electron chi connectivity index (χ4n) is 2.10. The van der Waals surface area contributed by atoms with Crippen LogP contribution in [-0.4, -0.2) is 14.9 Å². The summed E-state index contributed by atoms with van der Waals surface area (Å²) < 4.78 is 39.0. The van der Waals surface area contributed by atoms with Crippen LogP contribution in [0.5, 0.6) is 0 Å². The molecule has 0 atom stereocenters. The van der Waals surface area contributed by atoms with Crippen molar-refractivity contribution in [2.24, 2.45) is 0 Å². The van der Waals surface area contributed by atoms with Crippen molar-refractivity contribution in [3.8, 4) is 11.4 Å². The van der Waals surface area contributed by atoms with E-state index in [-0.39, 0.29) is 0 Å². The summed E-state index contributed by atoms with van der Waals surface area (Å²) in [5, 5.41) is 8.59. The highest BCUT2D eigenvalue weighted by Gasteiger charge is 2.29. The first-order valence-electron chi connectivity index (χ1n) is 7.00. The van der Waals surface area contributed by atoms with E-state index in [4.69, 9.17) is 5.84 Å². The third kappa shape index (κ3) is 3.53. The third-order valence-electron chi connectivity index (χ3n) is 3.35. The summed E-state index contributed by atoms with van der Waals surface area (Å²) in [7, 11) is 0. The van der Waals surface area contributed by atoms with Crippen LogP contribution in [0.25, 0.3) is 11.4 Å². The third-order valence-corrected chi connectivity index (χ3v) is 4.36. The number of nitrogens with zero attached hydrogens (tertiary/aromatic N) is 3. The van der Waals surface area contributed by atoms with E-state index >= 15 is 0 Å². The molecule has 1 aromatic heterocycles. The highest BCUT2D eigenvalue weighted by molar-refractivity contribution is 7.98. The Labute approximate surface area is 140 Å². The fourth-order valence-corrected chi connectivity index (χ4v) is 2.91. The number of halogens is 3. The van der Waals surface area contributed by atoms with Crippen LogP contribution in [-0.2, 0) is 11.9 Å². The predicted molar refractivity (Wildman–Crippen MR) is 86.6 cm³/mol. The zero-order valence-corrected chi connectivity index (χ0v) is 13.2. The van der Waals surface area contributed by atoms with E-state index in [1.165, 1.54) is 28.6 Å². The standard InChI is InChI=1S/C16H13F3N4S/c17-16(18,19)13-8-6-11(7-9-13)10-24-15-22-21-14(23(15)20)12-4-2-1-3-5-12/h1-9H,10,20H2. The molecule has 2 aromatic carbocycles. The summed E-state index contributed by atoms with van der Waals surface area (Å²) in [6, 6.07) is 14.4. The maximum Gasteiger partial charge on any atom is 0.416 e. The summed E-state index contributed by atoms with van der Waals surface area (Å²) in [4.78, 5) is 0. The Kier molecular flexibility index (Phi) is 4.48. The van der Waals surface area contributed by atoms with Gasteiger partial charge in [0.25, 0.3) is 0 Å². The van der Waals surface area contributed by atoms with Gasteiger partial charge >= 0.3 is 6.18 Å². The van der Waals surface area contributed by atoms with Gasteiger partial charge in [0, 0.05) is 11.3 Å². The van der Waals surface area contributed by atoms with Gasteiger partial charge in [0.15, 0.2) is 5.82 Å². The number of alkyl halides is 3. The number of nitrogens with two attached hydrogens (primary N) is 1. The zero-order valence-electron chi connectivity index (χ0n) is 12.4. The maximum absolute atomic E-state index is 12.5. The molecule has 0 aliphatic carbocycles. The summed E-state index contributed by atoms with van der Waals surface area (Å²) >= 11 is 1.31. The van der Waals surface area contributed by atoms with Gasteiger partial charge in [-0.2, -0.15) is 13.2 Å². The van der Waals surface area contributed by atoms with Crippen LogP contribution < -0.4 is 5.84 Å². The average molecular weight is 350 g/mol. The van der Waals surface area contributed by atoms with E-state index in [0.717, 1.165) is 23.3 Å². The highest BCUT2D eigenvalue weighted by Crippen LogP contribution is 2.30. The smallest absolute Gasteiger partial charge is 0.335 e. The minimum atomic E-state index is -4.33. The topological polar surface area (TPSA) is 56.7 Å². The maximum atomic E-state index is 12.5. The van der Waals surface area contributed by atoms with Gasteiger partial charge in [0.1, 0.15) is 0 Å². The van der Waals surface area contributed by atoms with Gasteiger partial charge in [0.05, 0.1) is 5.56 Å². The molecule has 0 spiro atoms. The monoisotopic (exact) mass is 350 g/mol. The molecule has 0 amide bonds. The van der Waals surface area contributed by atoms with Crippen LogP contribution in [0.3, 0.4) is 0 Å². The number of thioether (sulfide) groups is 1. The van der Waals surface area contributed by atoms with Gasteiger partial charge < -0.3 is 5.84 Å². The van der Waals surface area contributed by atoms with Crippen LogP contribution in [0.2, 0.25) is 0 Å². The summed E-state index contributed by atoms with van der Waals surface area (Å²) in [5.41, 5.74) is 0.927. The molecular weight excluding hydrogens is 337 g/mol. The van der Waals surface area contributed by atoms with E-state index in [1.54, 1.807) is 0 Å². The van der Waals surface area contributed by atoms with Crippen molar-refractivity contribution in [3.05, 3.63) is 65.7 Å². The van der Waals surface area contributed by atoms with Crippen LogP contribution in [0.1, 0.15) is 11.1 Å². The second-order valence-corrected chi connectivity index (χ2v) is 5.97. The number of hydrogen-bond acceptors (Lipinski definition) is 4. The predicted octanol–water partition coefficient (Wildman–Crippen LogP) is 3.97. The number of benzene rings is 2. The molecule has 0 aliphatic heterocycles. The molecule has 124 valence electrons. The number of aromatic nitrogens is 3. The van der Waals surface area contributed by atoms with E-state index in [1.807, 2.05) is 30.3 Å². The Hall–Kier alpha value is -2.48. The zero-order chi connectivity index (χ0) is 17.2. The first-order chi connectivity index (χ1) is 11.4.